The van der Waals surface area contributed by atoms with Crippen molar-refractivity contribution < 1.29 is 5.11 Å². The van der Waals surface area contributed by atoms with Crippen LogP contribution in [0.2, 0.25) is 0 Å². The second-order valence-electron chi connectivity index (χ2n) is 5.89. The molecule has 0 aromatic heterocycles. The van der Waals surface area contributed by atoms with Gasteiger partial charge in [-0.05, 0) is 37.6 Å². The Kier molecular flexibility index (Phi) is 4.62. The molecule has 0 fully saturated rings. The predicted octanol–water partition coefficient (Wildman–Crippen LogP) is 3.87. The minimum Gasteiger partial charge on any atom is -0.387 e. The van der Waals surface area contributed by atoms with Gasteiger partial charge in [-0.3, -0.25) is 0 Å². The maximum atomic E-state index is 10.3. The third kappa shape index (κ3) is 3.21. The minimum absolute atomic E-state index is 0.171. The highest BCUT2D eigenvalue weighted by atomic mass is 127. The second-order valence-corrected chi connectivity index (χ2v) is 7.72. The molecule has 1 aliphatic rings. The topological polar surface area (TPSA) is 23.5 Å². The molecule has 1 atom stereocenters. The zero-order valence-electron chi connectivity index (χ0n) is 11.1. The average molecular weight is 377 g/mol. The number of nitrogens with zero attached hydrogens (tertiary/aromatic N) is 1. The lowest BCUT2D eigenvalue weighted by atomic mass is 9.84. The maximum Gasteiger partial charge on any atom is 0.0929 e. The monoisotopic (exact) mass is 377 g/mol. The van der Waals surface area contributed by atoms with E-state index in [1.165, 1.54) is 11.1 Å². The molecule has 2 rings (SSSR count). The molecule has 1 aromatic carbocycles. The SMILES string of the molecule is CC(C)(C)c1ccc2c(c1)CCN(SI)CC2O. The van der Waals surface area contributed by atoms with Gasteiger partial charge in [0.1, 0.15) is 0 Å². The molecule has 0 saturated heterocycles. The molecule has 0 bridgehead atoms. The van der Waals surface area contributed by atoms with Crippen molar-refractivity contribution in [3.05, 3.63) is 34.9 Å². The second kappa shape index (κ2) is 5.69. The molecule has 0 aliphatic carbocycles. The van der Waals surface area contributed by atoms with Crippen LogP contribution in [0.1, 0.15) is 43.6 Å². The van der Waals surface area contributed by atoms with Crippen molar-refractivity contribution in [1.29, 1.82) is 0 Å². The van der Waals surface area contributed by atoms with Crippen LogP contribution in [0.15, 0.2) is 18.2 Å². The van der Waals surface area contributed by atoms with E-state index in [-0.39, 0.29) is 11.5 Å². The van der Waals surface area contributed by atoms with Gasteiger partial charge < -0.3 is 5.11 Å². The molecular formula is C14H20INOS. The van der Waals surface area contributed by atoms with E-state index in [0.717, 1.165) is 25.1 Å². The Balaban J connectivity index is 2.34. The molecule has 2 nitrogen and oxygen atoms in total. The van der Waals surface area contributed by atoms with Crippen LogP contribution in [-0.4, -0.2) is 22.5 Å². The maximum absolute atomic E-state index is 10.3. The highest BCUT2D eigenvalue weighted by molar-refractivity contribution is 14.2. The molecule has 1 aromatic rings. The van der Waals surface area contributed by atoms with Crippen molar-refractivity contribution in [2.24, 2.45) is 0 Å². The zero-order valence-corrected chi connectivity index (χ0v) is 14.1. The van der Waals surface area contributed by atoms with Crippen LogP contribution in [0.5, 0.6) is 0 Å². The lowest BCUT2D eigenvalue weighted by Crippen LogP contribution is -2.19. The summed E-state index contributed by atoms with van der Waals surface area (Å²) in [5.74, 6) is 0. The van der Waals surface area contributed by atoms with Crippen molar-refractivity contribution >= 4 is 30.3 Å². The number of benzene rings is 1. The van der Waals surface area contributed by atoms with Gasteiger partial charge in [0.2, 0.25) is 0 Å². The van der Waals surface area contributed by atoms with Gasteiger partial charge >= 0.3 is 0 Å². The Hall–Kier alpha value is 0.220. The van der Waals surface area contributed by atoms with Crippen molar-refractivity contribution in [1.82, 2.24) is 4.31 Å². The molecular weight excluding hydrogens is 357 g/mol. The van der Waals surface area contributed by atoms with Crippen LogP contribution in [0.4, 0.5) is 0 Å². The Morgan fingerprint density at radius 2 is 2.11 bits per heavy atom. The summed E-state index contributed by atoms with van der Waals surface area (Å²) in [6.07, 6.45) is 0.658. The number of β-amino-alcohol motifs (C(OH)–C–C–N with tert-alkyl or cyclic N) is 1. The van der Waals surface area contributed by atoms with E-state index in [1.54, 1.807) is 9.12 Å². The fraction of sp³-hybridized carbons (Fsp3) is 0.571. The van der Waals surface area contributed by atoms with Gasteiger partial charge in [0, 0.05) is 34.3 Å². The molecule has 4 heteroatoms. The number of rotatable bonds is 1. The largest absolute Gasteiger partial charge is 0.387 e. The minimum atomic E-state index is -0.362. The van der Waals surface area contributed by atoms with Gasteiger partial charge in [0.05, 0.1) is 6.10 Å². The summed E-state index contributed by atoms with van der Waals surface area (Å²) in [5.41, 5.74) is 3.94. The summed E-state index contributed by atoms with van der Waals surface area (Å²) < 4.78 is 2.22. The summed E-state index contributed by atoms with van der Waals surface area (Å²) in [6, 6.07) is 6.55. The molecule has 1 heterocycles. The van der Waals surface area contributed by atoms with E-state index in [2.05, 4.69) is 64.5 Å². The Bertz CT molecular complexity index is 430. The molecule has 0 spiro atoms. The number of aliphatic hydroxyl groups is 1. The van der Waals surface area contributed by atoms with E-state index in [4.69, 9.17) is 0 Å². The van der Waals surface area contributed by atoms with Gasteiger partial charge in [0.15, 0.2) is 0 Å². The molecule has 0 radical (unpaired) electrons. The highest BCUT2D eigenvalue weighted by Crippen LogP contribution is 2.32. The van der Waals surface area contributed by atoms with E-state index < -0.39 is 0 Å². The zero-order chi connectivity index (χ0) is 13.3. The van der Waals surface area contributed by atoms with Crippen LogP contribution >= 0.6 is 30.3 Å². The van der Waals surface area contributed by atoms with Gasteiger partial charge in [-0.15, -0.1) is 0 Å². The van der Waals surface area contributed by atoms with Crippen molar-refractivity contribution in [2.75, 3.05) is 13.1 Å². The summed E-state index contributed by atoms with van der Waals surface area (Å²) in [4.78, 5) is 0. The summed E-state index contributed by atoms with van der Waals surface area (Å²) in [5, 5.41) is 10.3. The van der Waals surface area contributed by atoms with Gasteiger partial charge in [-0.25, -0.2) is 4.31 Å². The summed E-state index contributed by atoms with van der Waals surface area (Å²) >= 11 is 2.28. The first-order valence-electron chi connectivity index (χ1n) is 6.27. The average Bonchev–Trinajstić information content (AvgIpc) is 2.47. The standard InChI is InChI=1S/C14H20INOS/c1-14(2,3)11-4-5-12-10(8-11)6-7-16(18-15)9-13(12)17/h4-5,8,13,17H,6-7,9H2,1-3H3. The Labute approximate surface area is 126 Å². The fourth-order valence-electron chi connectivity index (χ4n) is 2.30. The molecule has 100 valence electrons. The fourth-order valence-corrected chi connectivity index (χ4v) is 3.74. The summed E-state index contributed by atoms with van der Waals surface area (Å²) in [7, 11) is 1.69. The Morgan fingerprint density at radius 3 is 2.72 bits per heavy atom. The van der Waals surface area contributed by atoms with Crippen molar-refractivity contribution in [2.45, 2.75) is 38.7 Å². The lowest BCUT2D eigenvalue weighted by molar-refractivity contribution is 0.157. The number of hydrogen-bond donors (Lipinski definition) is 1. The van der Waals surface area contributed by atoms with Crippen LogP contribution in [0, 0.1) is 0 Å². The molecule has 18 heavy (non-hydrogen) atoms. The molecule has 0 saturated carbocycles. The quantitative estimate of drug-likeness (QED) is 0.594. The first kappa shape index (κ1) is 14.6. The molecule has 0 amide bonds. The predicted molar refractivity (Wildman–Crippen MR) is 87.0 cm³/mol. The highest BCUT2D eigenvalue weighted by Gasteiger charge is 2.23. The van der Waals surface area contributed by atoms with E-state index in [0.29, 0.717) is 0 Å². The van der Waals surface area contributed by atoms with Crippen LogP contribution in [0.3, 0.4) is 0 Å². The van der Waals surface area contributed by atoms with Crippen LogP contribution < -0.4 is 0 Å². The van der Waals surface area contributed by atoms with Gasteiger partial charge in [-0.2, -0.15) is 0 Å². The van der Waals surface area contributed by atoms with Crippen molar-refractivity contribution in [3.8, 4) is 0 Å². The third-order valence-electron chi connectivity index (χ3n) is 3.47. The van der Waals surface area contributed by atoms with E-state index in [1.807, 2.05) is 0 Å². The van der Waals surface area contributed by atoms with Gasteiger partial charge in [0.25, 0.3) is 0 Å². The third-order valence-corrected chi connectivity index (χ3v) is 5.67. The first-order chi connectivity index (χ1) is 8.41. The normalized spacial score (nSPS) is 21.5. The van der Waals surface area contributed by atoms with Gasteiger partial charge in [-0.1, -0.05) is 39.0 Å². The molecule has 1 unspecified atom stereocenters. The molecule has 1 aliphatic heterocycles. The van der Waals surface area contributed by atoms with E-state index in [9.17, 15) is 5.11 Å². The lowest BCUT2D eigenvalue weighted by Gasteiger charge is -2.21. The smallest absolute Gasteiger partial charge is 0.0929 e. The number of fused-ring (bicyclic) bond motifs is 1. The number of halogens is 1. The molecule has 1 N–H and O–H groups in total. The first-order valence-corrected chi connectivity index (χ1v) is 9.58. The van der Waals surface area contributed by atoms with Crippen LogP contribution in [0.25, 0.3) is 0 Å². The van der Waals surface area contributed by atoms with E-state index >= 15 is 0 Å². The van der Waals surface area contributed by atoms with Crippen molar-refractivity contribution in [3.63, 3.8) is 0 Å². The number of hydrogen-bond acceptors (Lipinski definition) is 3. The Morgan fingerprint density at radius 1 is 1.39 bits per heavy atom. The van der Waals surface area contributed by atoms with Crippen LogP contribution in [-0.2, 0) is 11.8 Å². The number of aliphatic hydroxyl groups excluding tert-OH is 1. The summed E-state index contributed by atoms with van der Waals surface area (Å²) in [6.45, 7) is 8.42.